The second-order valence-corrected chi connectivity index (χ2v) is 8.08. The van der Waals surface area contributed by atoms with Gasteiger partial charge in [-0.05, 0) is 54.4 Å². The molecule has 0 saturated heterocycles. The number of amides is 1. The fourth-order valence-corrected chi connectivity index (χ4v) is 3.67. The molecule has 1 aliphatic rings. The summed E-state index contributed by atoms with van der Waals surface area (Å²) < 4.78 is 19.4. The number of benzene rings is 2. The Morgan fingerprint density at radius 2 is 1.93 bits per heavy atom. The van der Waals surface area contributed by atoms with Gasteiger partial charge in [0.1, 0.15) is 5.82 Å². The average Bonchev–Trinajstić information content (AvgIpc) is 3.08. The van der Waals surface area contributed by atoms with E-state index in [2.05, 4.69) is 10.3 Å². The number of pyridine rings is 1. The molecular formula is C23H21ClFN3O2. The molecule has 1 amide bonds. The highest BCUT2D eigenvalue weighted by molar-refractivity contribution is 6.31. The number of hydrogen-bond acceptors (Lipinski definition) is 4. The van der Waals surface area contributed by atoms with Gasteiger partial charge in [-0.15, -0.1) is 0 Å². The molecule has 1 atom stereocenters. The summed E-state index contributed by atoms with van der Waals surface area (Å²) in [6.07, 6.45) is 2.04. The first-order valence-corrected chi connectivity index (χ1v) is 9.86. The molecule has 2 aromatic carbocycles. The summed E-state index contributed by atoms with van der Waals surface area (Å²) in [6, 6.07) is 14.1. The molecule has 5 nitrogen and oxygen atoms in total. The summed E-state index contributed by atoms with van der Waals surface area (Å²) in [5.41, 5.74) is 3.24. The minimum atomic E-state index is -1.14. The molecule has 1 N–H and O–H groups in total. The summed E-state index contributed by atoms with van der Waals surface area (Å²) in [7, 11) is 3.98. The number of rotatable bonds is 4. The van der Waals surface area contributed by atoms with Crippen molar-refractivity contribution in [3.63, 3.8) is 0 Å². The number of nitrogens with one attached hydrogen (secondary N) is 1. The molecule has 1 aliphatic heterocycles. The van der Waals surface area contributed by atoms with Gasteiger partial charge < -0.3 is 15.0 Å². The van der Waals surface area contributed by atoms with E-state index in [0.717, 1.165) is 22.4 Å². The summed E-state index contributed by atoms with van der Waals surface area (Å²) >= 11 is 5.81. The van der Waals surface area contributed by atoms with Crippen LogP contribution in [0.25, 0.3) is 11.1 Å². The van der Waals surface area contributed by atoms with Gasteiger partial charge in [0.15, 0.2) is 5.60 Å². The van der Waals surface area contributed by atoms with E-state index in [1.54, 1.807) is 13.1 Å². The molecule has 3 aromatic rings. The molecule has 0 aliphatic carbocycles. The molecular weight excluding hydrogens is 405 g/mol. The van der Waals surface area contributed by atoms with Gasteiger partial charge in [0.2, 0.25) is 5.88 Å². The van der Waals surface area contributed by atoms with Crippen LogP contribution >= 0.6 is 11.6 Å². The smallest absolute Gasteiger partial charge is 0.268 e. The molecule has 1 aromatic heterocycles. The Hall–Kier alpha value is -3.12. The number of halogens is 2. The lowest BCUT2D eigenvalue weighted by atomic mass is 9.93. The van der Waals surface area contributed by atoms with Gasteiger partial charge in [-0.2, -0.15) is 0 Å². The second-order valence-electron chi connectivity index (χ2n) is 7.68. The van der Waals surface area contributed by atoms with Crippen LogP contribution in [0.15, 0.2) is 54.7 Å². The first-order chi connectivity index (χ1) is 14.3. The highest BCUT2D eigenvalue weighted by atomic mass is 35.5. The minimum Gasteiger partial charge on any atom is -0.461 e. The number of nitrogens with zero attached hydrogens (tertiary/aromatic N) is 2. The molecule has 2 heterocycles. The van der Waals surface area contributed by atoms with Crippen molar-refractivity contribution in [2.24, 2.45) is 0 Å². The van der Waals surface area contributed by atoms with Gasteiger partial charge in [0.05, 0.1) is 5.02 Å². The topological polar surface area (TPSA) is 54.5 Å². The molecule has 4 rings (SSSR count). The lowest BCUT2D eigenvalue weighted by Gasteiger charge is -2.22. The van der Waals surface area contributed by atoms with Crippen molar-refractivity contribution in [3.8, 4) is 17.0 Å². The first kappa shape index (κ1) is 20.2. The molecule has 30 heavy (non-hydrogen) atoms. The van der Waals surface area contributed by atoms with E-state index < -0.39 is 11.4 Å². The van der Waals surface area contributed by atoms with Gasteiger partial charge in [-0.1, -0.05) is 23.7 Å². The molecule has 1 unspecified atom stereocenters. The van der Waals surface area contributed by atoms with Crippen LogP contribution in [0.4, 0.5) is 15.8 Å². The quantitative estimate of drug-likeness (QED) is 0.643. The Morgan fingerprint density at radius 1 is 1.20 bits per heavy atom. The van der Waals surface area contributed by atoms with E-state index in [-0.39, 0.29) is 10.9 Å². The monoisotopic (exact) mass is 425 g/mol. The van der Waals surface area contributed by atoms with Crippen LogP contribution < -0.4 is 15.0 Å². The molecule has 7 heteroatoms. The second kappa shape index (κ2) is 7.61. The zero-order valence-electron chi connectivity index (χ0n) is 16.9. The predicted octanol–water partition coefficient (Wildman–Crippen LogP) is 4.94. The maximum atomic E-state index is 13.4. The highest BCUT2D eigenvalue weighted by Gasteiger charge is 2.44. The van der Waals surface area contributed by atoms with Crippen LogP contribution in [0.3, 0.4) is 0 Å². The fraction of sp³-hybridized carbons (Fsp3) is 0.217. The Morgan fingerprint density at radius 3 is 2.60 bits per heavy atom. The van der Waals surface area contributed by atoms with Crippen molar-refractivity contribution in [3.05, 3.63) is 71.1 Å². The van der Waals surface area contributed by atoms with Crippen LogP contribution in [0.5, 0.6) is 5.88 Å². The summed E-state index contributed by atoms with van der Waals surface area (Å²) in [5, 5.41) is 2.70. The van der Waals surface area contributed by atoms with Crippen molar-refractivity contribution in [1.82, 2.24) is 4.98 Å². The van der Waals surface area contributed by atoms with Gasteiger partial charge >= 0.3 is 0 Å². The number of hydrogen-bond donors (Lipinski definition) is 1. The SMILES string of the molecule is CN(C)c1ccc(-c2ccnc3c2CC(C)(C(=O)Nc2ccc(F)c(Cl)c2)O3)cc1. The number of carbonyl (C=O) groups is 1. The zero-order valence-corrected chi connectivity index (χ0v) is 17.6. The van der Waals surface area contributed by atoms with Crippen molar-refractivity contribution in [2.75, 3.05) is 24.3 Å². The molecule has 0 spiro atoms. The number of aromatic nitrogens is 1. The molecule has 0 fully saturated rings. The number of anilines is 2. The van der Waals surface area contributed by atoms with Crippen LogP contribution in [0, 0.1) is 5.82 Å². The van der Waals surface area contributed by atoms with Gasteiger partial charge in [0, 0.05) is 43.7 Å². The Labute approximate surface area is 179 Å². The maximum absolute atomic E-state index is 13.4. The third-order valence-electron chi connectivity index (χ3n) is 5.20. The van der Waals surface area contributed by atoms with E-state index in [1.807, 2.05) is 49.3 Å². The van der Waals surface area contributed by atoms with E-state index in [0.29, 0.717) is 18.0 Å². The number of ether oxygens (including phenoxy) is 1. The molecule has 0 saturated carbocycles. The minimum absolute atomic E-state index is 0.0568. The van der Waals surface area contributed by atoms with Crippen molar-refractivity contribution in [2.45, 2.75) is 18.9 Å². The Kier molecular flexibility index (Phi) is 5.12. The van der Waals surface area contributed by atoms with Crippen molar-refractivity contribution in [1.29, 1.82) is 0 Å². The van der Waals surface area contributed by atoms with E-state index in [1.165, 1.54) is 18.2 Å². The van der Waals surface area contributed by atoms with Crippen LogP contribution in [0.2, 0.25) is 5.02 Å². The summed E-state index contributed by atoms with van der Waals surface area (Å²) in [6.45, 7) is 1.72. The van der Waals surface area contributed by atoms with Crippen LogP contribution in [-0.4, -0.2) is 30.6 Å². The summed E-state index contributed by atoms with van der Waals surface area (Å²) in [4.78, 5) is 19.3. The van der Waals surface area contributed by atoms with Crippen LogP contribution in [-0.2, 0) is 11.2 Å². The van der Waals surface area contributed by atoms with Gasteiger partial charge in [0.25, 0.3) is 5.91 Å². The van der Waals surface area contributed by atoms with Gasteiger partial charge in [-0.3, -0.25) is 4.79 Å². The zero-order chi connectivity index (χ0) is 21.5. The first-order valence-electron chi connectivity index (χ1n) is 9.48. The predicted molar refractivity (Wildman–Crippen MR) is 117 cm³/mol. The average molecular weight is 426 g/mol. The molecule has 0 bridgehead atoms. The van der Waals surface area contributed by atoms with Gasteiger partial charge in [-0.25, -0.2) is 9.37 Å². The molecule has 154 valence electrons. The van der Waals surface area contributed by atoms with E-state index in [9.17, 15) is 9.18 Å². The third kappa shape index (κ3) is 3.71. The van der Waals surface area contributed by atoms with E-state index in [4.69, 9.17) is 16.3 Å². The highest BCUT2D eigenvalue weighted by Crippen LogP contribution is 2.40. The standard InChI is InChI=1S/C23H21ClFN3O2/c1-23(22(29)27-15-6-9-20(25)19(24)12-15)13-18-17(10-11-26-21(18)30-23)14-4-7-16(8-5-14)28(2)3/h4-12H,13H2,1-3H3,(H,27,29). The van der Waals surface area contributed by atoms with Crippen molar-refractivity contribution >= 4 is 28.9 Å². The normalized spacial score (nSPS) is 17.2. The number of carbonyl (C=O) groups excluding carboxylic acids is 1. The van der Waals surface area contributed by atoms with Crippen molar-refractivity contribution < 1.29 is 13.9 Å². The number of fused-ring (bicyclic) bond motifs is 1. The lowest BCUT2D eigenvalue weighted by molar-refractivity contribution is -0.128. The third-order valence-corrected chi connectivity index (χ3v) is 5.49. The summed E-state index contributed by atoms with van der Waals surface area (Å²) in [5.74, 6) is -0.449. The Balaban J connectivity index is 1.59. The molecule has 0 radical (unpaired) electrons. The largest absolute Gasteiger partial charge is 0.461 e. The van der Waals surface area contributed by atoms with Crippen LogP contribution in [0.1, 0.15) is 12.5 Å². The maximum Gasteiger partial charge on any atom is 0.268 e. The van der Waals surface area contributed by atoms with E-state index >= 15 is 0 Å². The fourth-order valence-electron chi connectivity index (χ4n) is 3.49. The lowest BCUT2D eigenvalue weighted by Crippen LogP contribution is -2.44. The Bertz CT molecular complexity index is 1120.